The summed E-state index contributed by atoms with van der Waals surface area (Å²) in [4.78, 5) is 13.0. The normalized spacial score (nSPS) is 22.6. The summed E-state index contributed by atoms with van der Waals surface area (Å²) in [6.07, 6.45) is 1.06. The van der Waals surface area contributed by atoms with Crippen LogP contribution in [0.5, 0.6) is 0 Å². The van der Waals surface area contributed by atoms with Crippen molar-refractivity contribution < 1.29 is 9.53 Å². The van der Waals surface area contributed by atoms with Crippen LogP contribution in [0, 0.1) is 30.6 Å². The van der Waals surface area contributed by atoms with E-state index in [-0.39, 0.29) is 17.1 Å². The van der Waals surface area contributed by atoms with E-state index in [2.05, 4.69) is 11.2 Å². The first-order valence-corrected chi connectivity index (χ1v) is 8.58. The minimum absolute atomic E-state index is 0.0274. The number of carbonyl (C=O) groups is 1. The Balaban J connectivity index is 2.26. The van der Waals surface area contributed by atoms with Crippen molar-refractivity contribution >= 4 is 5.78 Å². The maximum Gasteiger partial charge on any atom is 0.205 e. The van der Waals surface area contributed by atoms with Crippen molar-refractivity contribution in [1.82, 2.24) is 9.78 Å². The first kappa shape index (κ1) is 17.3. The number of carbonyl (C=O) groups excluding carboxylic acids is 1. The van der Waals surface area contributed by atoms with Crippen LogP contribution in [0.1, 0.15) is 56.5 Å². The zero-order chi connectivity index (χ0) is 18.5. The van der Waals surface area contributed by atoms with Gasteiger partial charge in [-0.25, -0.2) is 0 Å². The monoisotopic (exact) mass is 340 g/mol. The van der Waals surface area contributed by atoms with Gasteiger partial charge in [0.2, 0.25) is 5.88 Å². The molecular formula is C19H24N4O2. The molecule has 0 aromatic carbocycles. The Kier molecular flexibility index (Phi) is 3.98. The Morgan fingerprint density at radius 1 is 1.40 bits per heavy atom. The van der Waals surface area contributed by atoms with Crippen LogP contribution in [0.4, 0.5) is 0 Å². The van der Waals surface area contributed by atoms with Crippen molar-refractivity contribution in [2.45, 2.75) is 59.9 Å². The molecule has 2 aliphatic rings. The molecule has 0 bridgehead atoms. The van der Waals surface area contributed by atoms with Crippen LogP contribution >= 0.6 is 0 Å². The number of Topliss-reactive ketones (excluding diaryl/α,β-unsaturated/α-hetero) is 1. The molecule has 6 nitrogen and oxygen atoms in total. The third-order valence-corrected chi connectivity index (χ3v) is 5.10. The minimum Gasteiger partial charge on any atom is -0.444 e. The minimum atomic E-state index is -0.488. The summed E-state index contributed by atoms with van der Waals surface area (Å²) in [7, 11) is 0. The summed E-state index contributed by atoms with van der Waals surface area (Å²) in [5.74, 6) is 0.239. The number of aromatic nitrogens is 2. The quantitative estimate of drug-likeness (QED) is 0.893. The first-order valence-electron chi connectivity index (χ1n) is 8.58. The molecule has 1 aliphatic heterocycles. The number of aryl methyl sites for hydroxylation is 2. The maximum atomic E-state index is 13.0. The Morgan fingerprint density at radius 2 is 2.08 bits per heavy atom. The molecule has 6 heteroatoms. The fourth-order valence-electron chi connectivity index (χ4n) is 4.01. The molecule has 3 rings (SSSR count). The summed E-state index contributed by atoms with van der Waals surface area (Å²) in [5, 5.41) is 14.2. The third-order valence-electron chi connectivity index (χ3n) is 5.10. The van der Waals surface area contributed by atoms with E-state index in [0.717, 1.165) is 23.5 Å². The Labute approximate surface area is 147 Å². The molecule has 1 aromatic heterocycles. The second-order valence-corrected chi connectivity index (χ2v) is 7.60. The topological polar surface area (TPSA) is 93.9 Å². The smallest absolute Gasteiger partial charge is 0.205 e. The number of hydrogen-bond acceptors (Lipinski definition) is 5. The highest BCUT2D eigenvalue weighted by atomic mass is 16.5. The van der Waals surface area contributed by atoms with Crippen molar-refractivity contribution in [2.75, 3.05) is 0 Å². The van der Waals surface area contributed by atoms with Crippen LogP contribution in [0.25, 0.3) is 0 Å². The number of nitriles is 1. The summed E-state index contributed by atoms with van der Waals surface area (Å²) in [6, 6.07) is 2.16. The van der Waals surface area contributed by atoms with Gasteiger partial charge >= 0.3 is 0 Å². The van der Waals surface area contributed by atoms with Crippen LogP contribution in [-0.4, -0.2) is 15.6 Å². The summed E-state index contributed by atoms with van der Waals surface area (Å²) < 4.78 is 7.62. The average molecular weight is 340 g/mol. The van der Waals surface area contributed by atoms with Crippen LogP contribution in [0.2, 0.25) is 0 Å². The Bertz CT molecular complexity index is 865. The average Bonchev–Trinajstić information content (AvgIpc) is 2.78. The molecule has 0 amide bonds. The highest BCUT2D eigenvalue weighted by molar-refractivity contribution is 6.00. The van der Waals surface area contributed by atoms with E-state index in [1.165, 1.54) is 0 Å². The maximum absolute atomic E-state index is 13.0. The van der Waals surface area contributed by atoms with Gasteiger partial charge in [-0.1, -0.05) is 13.8 Å². The van der Waals surface area contributed by atoms with Crippen LogP contribution < -0.4 is 5.73 Å². The highest BCUT2D eigenvalue weighted by Gasteiger charge is 2.44. The SMILES string of the molecule is CCn1nc(C)c([C@H]2C(C#N)=C(N)OC3=C2C(=O)CC(C)(C)C3)c1C. The van der Waals surface area contributed by atoms with Gasteiger partial charge in [-0.15, -0.1) is 0 Å². The standard InChI is InChI=1S/C19H24N4O2/c1-6-23-11(3)15(10(2)22-23)16-12(9-20)18(21)25-14-8-19(4,5)7-13(24)17(14)16/h16H,6-8,21H2,1-5H3/t16-/m1/s1. The van der Waals surface area contributed by atoms with Gasteiger partial charge in [-0.05, 0) is 26.2 Å². The summed E-state index contributed by atoms with van der Waals surface area (Å²) >= 11 is 0. The lowest BCUT2D eigenvalue weighted by atomic mass is 9.70. The molecular weight excluding hydrogens is 316 g/mol. The number of nitrogens with two attached hydrogens (primary N) is 1. The molecule has 0 unspecified atom stereocenters. The second kappa shape index (κ2) is 5.76. The molecule has 0 fully saturated rings. The number of rotatable bonds is 2. The first-order chi connectivity index (χ1) is 11.7. The van der Waals surface area contributed by atoms with Crippen LogP contribution in [-0.2, 0) is 16.1 Å². The van der Waals surface area contributed by atoms with E-state index in [1.807, 2.05) is 39.3 Å². The predicted octanol–water partition coefficient (Wildman–Crippen LogP) is 2.97. The highest BCUT2D eigenvalue weighted by Crippen LogP contribution is 2.48. The van der Waals surface area contributed by atoms with E-state index < -0.39 is 5.92 Å². The van der Waals surface area contributed by atoms with Gasteiger partial charge in [0.05, 0.1) is 11.6 Å². The van der Waals surface area contributed by atoms with Gasteiger partial charge in [0.1, 0.15) is 17.4 Å². The zero-order valence-electron chi connectivity index (χ0n) is 15.4. The molecule has 0 saturated carbocycles. The van der Waals surface area contributed by atoms with Gasteiger partial charge < -0.3 is 10.5 Å². The van der Waals surface area contributed by atoms with Crippen molar-refractivity contribution in [2.24, 2.45) is 11.1 Å². The fourth-order valence-corrected chi connectivity index (χ4v) is 4.01. The van der Waals surface area contributed by atoms with Crippen molar-refractivity contribution in [3.63, 3.8) is 0 Å². The molecule has 1 aromatic rings. The molecule has 0 radical (unpaired) electrons. The van der Waals surface area contributed by atoms with E-state index in [4.69, 9.17) is 10.5 Å². The molecule has 25 heavy (non-hydrogen) atoms. The molecule has 1 aliphatic carbocycles. The van der Waals surface area contributed by atoms with Crippen molar-refractivity contribution in [1.29, 1.82) is 5.26 Å². The molecule has 132 valence electrons. The van der Waals surface area contributed by atoms with E-state index in [1.54, 1.807) is 0 Å². The largest absolute Gasteiger partial charge is 0.444 e. The Hall–Kier alpha value is -2.55. The number of ketones is 1. The van der Waals surface area contributed by atoms with Crippen LogP contribution in [0.3, 0.4) is 0 Å². The van der Waals surface area contributed by atoms with Gasteiger partial charge in [-0.2, -0.15) is 10.4 Å². The van der Waals surface area contributed by atoms with E-state index in [0.29, 0.717) is 29.7 Å². The second-order valence-electron chi connectivity index (χ2n) is 7.60. The van der Waals surface area contributed by atoms with Gasteiger partial charge in [0.25, 0.3) is 0 Å². The molecule has 1 atom stereocenters. The summed E-state index contributed by atoms with van der Waals surface area (Å²) in [6.45, 7) is 10.7. The molecule has 2 N–H and O–H groups in total. The zero-order valence-corrected chi connectivity index (χ0v) is 15.4. The summed E-state index contributed by atoms with van der Waals surface area (Å²) in [5.41, 5.74) is 9.42. The fraction of sp³-hybridized carbons (Fsp3) is 0.526. The lowest BCUT2D eigenvalue weighted by Gasteiger charge is -2.37. The number of ether oxygens (including phenoxy) is 1. The lowest BCUT2D eigenvalue weighted by molar-refractivity contribution is -0.119. The number of nitrogens with zero attached hydrogens (tertiary/aromatic N) is 3. The van der Waals surface area contributed by atoms with Crippen molar-refractivity contribution in [3.8, 4) is 6.07 Å². The number of allylic oxidation sites excluding steroid dienone is 3. The van der Waals surface area contributed by atoms with Crippen molar-refractivity contribution in [3.05, 3.63) is 39.7 Å². The molecule has 0 saturated heterocycles. The van der Waals surface area contributed by atoms with E-state index >= 15 is 0 Å². The molecule has 0 spiro atoms. The van der Waals surface area contributed by atoms with Gasteiger partial charge in [0.15, 0.2) is 5.78 Å². The van der Waals surface area contributed by atoms with E-state index in [9.17, 15) is 10.1 Å². The lowest BCUT2D eigenvalue weighted by Crippen LogP contribution is -2.33. The third kappa shape index (κ3) is 2.64. The van der Waals surface area contributed by atoms with Gasteiger partial charge in [-0.3, -0.25) is 9.48 Å². The predicted molar refractivity (Wildman–Crippen MR) is 93.1 cm³/mol. The van der Waals surface area contributed by atoms with Crippen LogP contribution in [0.15, 0.2) is 22.8 Å². The number of hydrogen-bond donors (Lipinski definition) is 1. The Morgan fingerprint density at radius 3 is 2.64 bits per heavy atom. The molecule has 2 heterocycles. The van der Waals surface area contributed by atoms with Gasteiger partial charge in [0, 0.05) is 36.2 Å².